The summed E-state index contributed by atoms with van der Waals surface area (Å²) in [7, 11) is 0. The van der Waals surface area contributed by atoms with Crippen LogP contribution in [0.15, 0.2) is 59.4 Å². The van der Waals surface area contributed by atoms with Crippen LogP contribution in [0.1, 0.15) is 23.7 Å². The lowest BCUT2D eigenvalue weighted by Crippen LogP contribution is -2.15. The second-order valence-electron chi connectivity index (χ2n) is 6.41. The van der Waals surface area contributed by atoms with E-state index in [1.165, 1.54) is 27.5 Å². The maximum atomic E-state index is 12.1. The van der Waals surface area contributed by atoms with Crippen molar-refractivity contribution in [2.75, 3.05) is 5.32 Å². The van der Waals surface area contributed by atoms with Gasteiger partial charge in [0.2, 0.25) is 10.1 Å². The van der Waals surface area contributed by atoms with E-state index in [0.29, 0.717) is 23.1 Å². The van der Waals surface area contributed by atoms with Crippen molar-refractivity contribution in [1.82, 2.24) is 14.6 Å². The summed E-state index contributed by atoms with van der Waals surface area (Å²) in [4.78, 5) is 17.2. The van der Waals surface area contributed by atoms with Gasteiger partial charge in [0.1, 0.15) is 12.4 Å². The first-order chi connectivity index (χ1) is 13.6. The van der Waals surface area contributed by atoms with E-state index in [1.54, 1.807) is 0 Å². The molecule has 2 aromatic heterocycles. The van der Waals surface area contributed by atoms with Crippen molar-refractivity contribution in [2.24, 2.45) is 0 Å². The molecule has 0 spiro atoms. The zero-order valence-electron chi connectivity index (χ0n) is 15.7. The summed E-state index contributed by atoms with van der Waals surface area (Å²) >= 11 is 1.34. The highest BCUT2D eigenvalue weighted by atomic mass is 32.1. The topological polar surface area (TPSA) is 68.5 Å². The Kier molecular flexibility index (Phi) is 5.08. The Morgan fingerprint density at radius 3 is 2.82 bits per heavy atom. The number of fused-ring (bicyclic) bond motifs is 1. The molecule has 4 rings (SSSR count). The molecule has 0 amide bonds. The third-order valence-electron chi connectivity index (χ3n) is 4.40. The van der Waals surface area contributed by atoms with Crippen LogP contribution < -0.4 is 15.6 Å². The van der Waals surface area contributed by atoms with Gasteiger partial charge in [-0.1, -0.05) is 48.6 Å². The molecule has 0 unspecified atom stereocenters. The highest BCUT2D eigenvalue weighted by molar-refractivity contribution is 7.20. The number of nitrogens with zero attached hydrogens (tertiary/aromatic N) is 3. The number of rotatable bonds is 6. The summed E-state index contributed by atoms with van der Waals surface area (Å²) in [6, 6.07) is 17.4. The summed E-state index contributed by atoms with van der Waals surface area (Å²) in [5.74, 6) is 0.762. The van der Waals surface area contributed by atoms with Gasteiger partial charge in [-0.25, -0.2) is 4.98 Å². The van der Waals surface area contributed by atoms with Gasteiger partial charge >= 0.3 is 0 Å². The molecule has 0 aliphatic rings. The molecular formula is C21H20N4O2S. The number of anilines is 2. The smallest absolute Gasteiger partial charge is 0.275 e. The molecule has 0 aliphatic heterocycles. The van der Waals surface area contributed by atoms with E-state index in [1.807, 2.05) is 43.3 Å². The summed E-state index contributed by atoms with van der Waals surface area (Å²) in [5.41, 5.74) is 3.80. The van der Waals surface area contributed by atoms with E-state index in [0.717, 1.165) is 22.7 Å². The molecular weight excluding hydrogens is 372 g/mol. The lowest BCUT2D eigenvalue weighted by molar-refractivity contribution is 0.305. The van der Waals surface area contributed by atoms with E-state index in [9.17, 15) is 4.79 Å². The molecule has 142 valence electrons. The molecule has 0 fully saturated rings. The van der Waals surface area contributed by atoms with Crippen molar-refractivity contribution >= 4 is 27.1 Å². The number of benzene rings is 2. The molecule has 0 radical (unpaired) electrons. The average Bonchev–Trinajstić information content (AvgIpc) is 3.10. The molecule has 7 heteroatoms. The van der Waals surface area contributed by atoms with E-state index >= 15 is 0 Å². The normalized spacial score (nSPS) is 10.9. The Hall–Kier alpha value is -3.19. The first kappa shape index (κ1) is 18.2. The fraction of sp³-hybridized carbons (Fsp3) is 0.190. The lowest BCUT2D eigenvalue weighted by Gasteiger charge is -2.10. The second kappa shape index (κ2) is 7.82. The molecule has 4 aromatic rings. The summed E-state index contributed by atoms with van der Waals surface area (Å²) in [5, 5.41) is 8.17. The first-order valence-corrected chi connectivity index (χ1v) is 9.88. The highest BCUT2D eigenvalue weighted by Gasteiger charge is 2.09. The van der Waals surface area contributed by atoms with Crippen molar-refractivity contribution < 1.29 is 4.74 Å². The lowest BCUT2D eigenvalue weighted by atomic mass is 10.1. The van der Waals surface area contributed by atoms with Crippen LogP contribution in [-0.2, 0) is 13.0 Å². The zero-order chi connectivity index (χ0) is 19.5. The molecule has 6 nitrogen and oxygen atoms in total. The van der Waals surface area contributed by atoms with Gasteiger partial charge in [-0.3, -0.25) is 4.79 Å². The maximum absolute atomic E-state index is 12.1. The van der Waals surface area contributed by atoms with Crippen LogP contribution >= 0.6 is 11.3 Å². The van der Waals surface area contributed by atoms with Gasteiger partial charge in [0, 0.05) is 23.5 Å². The van der Waals surface area contributed by atoms with Crippen LogP contribution in [0.5, 0.6) is 5.75 Å². The minimum absolute atomic E-state index is 0.165. The van der Waals surface area contributed by atoms with E-state index in [4.69, 9.17) is 4.74 Å². The third kappa shape index (κ3) is 3.89. The van der Waals surface area contributed by atoms with Crippen molar-refractivity contribution in [2.45, 2.75) is 26.9 Å². The average molecular weight is 392 g/mol. The van der Waals surface area contributed by atoms with Gasteiger partial charge in [0.15, 0.2) is 0 Å². The van der Waals surface area contributed by atoms with Gasteiger partial charge in [0.05, 0.1) is 0 Å². The number of nitrogens with one attached hydrogen (secondary N) is 1. The molecule has 0 aliphatic carbocycles. The standard InChI is InChI=1S/C21H20N4O2S/c1-3-16-12-19(26)25-21(23-16)28-20(24-25)22-17-9-6-10-18(11-17)27-13-15-8-5-4-7-14(15)2/h4-12H,3,13H2,1-2H3,(H,22,24). The van der Waals surface area contributed by atoms with Gasteiger partial charge < -0.3 is 10.1 Å². The van der Waals surface area contributed by atoms with Crippen LogP contribution in [0.2, 0.25) is 0 Å². The monoisotopic (exact) mass is 392 g/mol. The molecule has 28 heavy (non-hydrogen) atoms. The number of hydrogen-bond acceptors (Lipinski definition) is 6. The second-order valence-corrected chi connectivity index (χ2v) is 7.36. The Labute approximate surface area is 166 Å². The maximum Gasteiger partial charge on any atom is 0.275 e. The van der Waals surface area contributed by atoms with Crippen LogP contribution in [0.4, 0.5) is 10.8 Å². The fourth-order valence-electron chi connectivity index (χ4n) is 2.81. The minimum Gasteiger partial charge on any atom is -0.489 e. The van der Waals surface area contributed by atoms with Crippen molar-refractivity contribution in [3.05, 3.63) is 81.8 Å². The van der Waals surface area contributed by atoms with E-state index in [-0.39, 0.29) is 5.56 Å². The molecule has 2 aromatic carbocycles. The minimum atomic E-state index is -0.165. The Morgan fingerprint density at radius 2 is 2.00 bits per heavy atom. The van der Waals surface area contributed by atoms with E-state index in [2.05, 4.69) is 34.5 Å². The van der Waals surface area contributed by atoms with Crippen LogP contribution in [-0.4, -0.2) is 14.6 Å². The Balaban J connectivity index is 1.52. The van der Waals surface area contributed by atoms with Crippen LogP contribution in [0, 0.1) is 6.92 Å². The number of ether oxygens (including phenoxy) is 1. The fourth-order valence-corrected chi connectivity index (χ4v) is 3.65. The largest absolute Gasteiger partial charge is 0.489 e. The number of aromatic nitrogens is 3. The Bertz CT molecular complexity index is 1180. The predicted octanol–water partition coefficient (Wildman–Crippen LogP) is 4.34. The SMILES string of the molecule is CCc1cc(=O)n2nc(Nc3cccc(OCc4ccccc4C)c3)sc2n1. The van der Waals surface area contributed by atoms with Crippen LogP contribution in [0.25, 0.3) is 4.96 Å². The summed E-state index contributed by atoms with van der Waals surface area (Å²) < 4.78 is 7.26. The summed E-state index contributed by atoms with van der Waals surface area (Å²) in [6.07, 6.45) is 0.715. The summed E-state index contributed by atoms with van der Waals surface area (Å²) in [6.45, 7) is 4.56. The molecule has 0 bridgehead atoms. The number of aryl methyl sites for hydroxylation is 2. The van der Waals surface area contributed by atoms with Gasteiger partial charge in [-0.05, 0) is 36.6 Å². The molecule has 2 heterocycles. The third-order valence-corrected chi connectivity index (χ3v) is 5.23. The van der Waals surface area contributed by atoms with Crippen LogP contribution in [0.3, 0.4) is 0 Å². The van der Waals surface area contributed by atoms with E-state index < -0.39 is 0 Å². The van der Waals surface area contributed by atoms with Gasteiger partial charge in [-0.15, -0.1) is 5.10 Å². The zero-order valence-corrected chi connectivity index (χ0v) is 16.5. The molecule has 1 N–H and O–H groups in total. The molecule has 0 saturated heterocycles. The predicted molar refractivity (Wildman–Crippen MR) is 112 cm³/mol. The highest BCUT2D eigenvalue weighted by Crippen LogP contribution is 2.25. The van der Waals surface area contributed by atoms with Gasteiger partial charge in [0.25, 0.3) is 5.56 Å². The first-order valence-electron chi connectivity index (χ1n) is 9.06. The van der Waals surface area contributed by atoms with Crippen molar-refractivity contribution in [3.63, 3.8) is 0 Å². The van der Waals surface area contributed by atoms with Gasteiger partial charge in [-0.2, -0.15) is 4.52 Å². The quantitative estimate of drug-likeness (QED) is 0.528. The molecule has 0 saturated carbocycles. The molecule has 0 atom stereocenters. The number of hydrogen-bond donors (Lipinski definition) is 1. The Morgan fingerprint density at radius 1 is 1.14 bits per heavy atom. The van der Waals surface area contributed by atoms with Crippen molar-refractivity contribution in [3.8, 4) is 5.75 Å². The van der Waals surface area contributed by atoms with Crippen molar-refractivity contribution in [1.29, 1.82) is 0 Å².